The molecule has 4 heavy (non-hydrogen) atoms. The monoisotopic (exact) mass is 187 g/mol. The van der Waals surface area contributed by atoms with E-state index in [-0.39, 0.29) is 78.3 Å². The van der Waals surface area contributed by atoms with E-state index in [1.165, 1.54) is 0 Å². The van der Waals surface area contributed by atoms with Crippen molar-refractivity contribution in [1.29, 1.82) is 0 Å². The zero-order valence-electron chi connectivity index (χ0n) is 1.33. The fourth-order valence-electron chi connectivity index (χ4n) is 0. The van der Waals surface area contributed by atoms with Gasteiger partial charge in [0.25, 0.3) is 0 Å². The standard InChI is InChI=1S/FH.Mn.Na.Y.H/h1H;;;;/q;;;+1;/p-1. The van der Waals surface area contributed by atoms with E-state index in [9.17, 15) is 1.92 Å². The second-order valence-corrected chi connectivity index (χ2v) is 0. The first kappa shape index (κ1) is 16.0. The Hall–Kier alpha value is 2.55. The van der Waals surface area contributed by atoms with Gasteiger partial charge in [0.1, 0.15) is 0 Å². The van der Waals surface area contributed by atoms with E-state index < -0.39 is 0 Å². The van der Waals surface area contributed by atoms with Gasteiger partial charge in [-0.1, -0.05) is 0 Å². The minimum atomic E-state index is -0.150. The van der Waals surface area contributed by atoms with Gasteiger partial charge in [-0.25, -0.2) is 0 Å². The fraction of sp³-hybridized carbons (Fsp3) is 0. The fourth-order valence-corrected chi connectivity index (χ4v) is 0. The summed E-state index contributed by atoms with van der Waals surface area (Å²) in [6, 6.07) is 0. The molecule has 0 nitrogen and oxygen atoms in total. The van der Waals surface area contributed by atoms with Crippen molar-refractivity contribution in [2.45, 2.75) is 0 Å². The summed E-state index contributed by atoms with van der Waals surface area (Å²) in [4.78, 5) is 0. The van der Waals surface area contributed by atoms with Crippen LogP contribution in [0.4, 0.5) is 1.92 Å². The second-order valence-electron chi connectivity index (χ2n) is 0. The molecule has 0 fully saturated rings. The number of hydrogen-bond donors (Lipinski definition) is 0. The summed E-state index contributed by atoms with van der Waals surface area (Å²) in [5.41, 5.74) is 0. The Morgan fingerprint density at radius 1 is 1.25 bits per heavy atom. The van der Waals surface area contributed by atoms with Gasteiger partial charge in [-0.3, -0.25) is 0 Å². The Labute approximate surface area is 78.7 Å². The molecule has 4 heteroatoms. The Morgan fingerprint density at radius 2 is 1.25 bits per heavy atom. The van der Waals surface area contributed by atoms with Crippen LogP contribution in [0.5, 0.6) is 0 Å². The van der Waals surface area contributed by atoms with Gasteiger partial charge in [0, 0.05) is 17.1 Å². The molecule has 0 saturated carbocycles. The van der Waals surface area contributed by atoms with Crippen LogP contribution in [0.2, 0.25) is 0 Å². The second kappa shape index (κ2) is 17.7. The Kier molecular flexibility index (Phi) is 70.7. The van der Waals surface area contributed by atoms with Crippen LogP contribution in [0.1, 0.15) is 0 Å². The van der Waals surface area contributed by atoms with Crippen molar-refractivity contribution in [3.8, 4) is 0 Å². The molecule has 0 amide bonds. The third-order valence-corrected chi connectivity index (χ3v) is 0. The first-order chi connectivity index (χ1) is 1.00. The van der Waals surface area contributed by atoms with Crippen molar-refractivity contribution >= 4 is 29.6 Å². The molecular formula is HFMnNaY. The summed E-state index contributed by atoms with van der Waals surface area (Å²) in [7, 11) is 0. The third kappa shape index (κ3) is 8.82. The molecule has 19 valence electrons. The first-order valence-electron chi connectivity index (χ1n) is 0.218. The molecule has 0 saturated heterocycles. The Balaban J connectivity index is -0.00000000500. The third-order valence-electron chi connectivity index (χ3n) is 0. The SMILES string of the molecule is [F][Y].[Mn].[NaH]. The summed E-state index contributed by atoms with van der Waals surface area (Å²) in [6.45, 7) is 0. The van der Waals surface area contributed by atoms with Gasteiger partial charge < -0.3 is 0 Å². The maximum atomic E-state index is 9.63. The number of hydrogen-bond acceptors (Lipinski definition) is 0. The molecule has 0 atom stereocenters. The van der Waals surface area contributed by atoms with Gasteiger partial charge in [-0.15, -0.1) is 0 Å². The van der Waals surface area contributed by atoms with Gasteiger partial charge in [-0.2, -0.15) is 0 Å². The molecule has 0 aromatic heterocycles. The molecule has 1 radical (unpaired) electrons. The van der Waals surface area contributed by atoms with Crippen LogP contribution in [-0.4, -0.2) is 29.6 Å². The van der Waals surface area contributed by atoms with Crippen LogP contribution in [-0.2, 0) is 48.7 Å². The number of halogens is 1. The summed E-state index contributed by atoms with van der Waals surface area (Å²) >= 11 is -0.150. The predicted molar refractivity (Wildman–Crippen MR) is 8.26 cm³/mol. The Bertz CT molecular complexity index is 8.00. The Morgan fingerprint density at radius 3 is 1.25 bits per heavy atom. The van der Waals surface area contributed by atoms with Crippen LogP contribution in [0.25, 0.3) is 0 Å². The van der Waals surface area contributed by atoms with Crippen molar-refractivity contribution in [2.24, 2.45) is 0 Å². The molecular weight excluding hydrogens is 186 g/mol. The van der Waals surface area contributed by atoms with Crippen molar-refractivity contribution in [3.05, 3.63) is 0 Å². The molecule has 0 aromatic carbocycles. The minimum absolute atomic E-state index is 0. The van der Waals surface area contributed by atoms with Gasteiger partial charge in [-0.05, 0) is 0 Å². The quantitative estimate of drug-likeness (QED) is 0.459. The van der Waals surface area contributed by atoms with Crippen LogP contribution in [0.15, 0.2) is 0 Å². The number of rotatable bonds is 0. The molecule has 0 unspecified atom stereocenters. The molecule has 0 aliphatic heterocycles. The van der Waals surface area contributed by atoms with Crippen molar-refractivity contribution < 1.29 is 50.7 Å². The van der Waals surface area contributed by atoms with E-state index in [1.54, 1.807) is 0 Å². The molecule has 0 rings (SSSR count). The molecule has 0 heterocycles. The molecule has 0 aromatic rings. The van der Waals surface area contributed by atoms with Crippen LogP contribution >= 0.6 is 0 Å². The van der Waals surface area contributed by atoms with Gasteiger partial charge >= 0.3 is 63.1 Å². The summed E-state index contributed by atoms with van der Waals surface area (Å²) in [6.07, 6.45) is 0. The average molecular weight is 187 g/mol. The zero-order valence-corrected chi connectivity index (χ0v) is 5.35. The van der Waals surface area contributed by atoms with Crippen LogP contribution in [0, 0.1) is 0 Å². The van der Waals surface area contributed by atoms with Gasteiger partial charge in [0.2, 0.25) is 0 Å². The molecule has 0 aliphatic carbocycles. The van der Waals surface area contributed by atoms with E-state index in [0.717, 1.165) is 0 Å². The van der Waals surface area contributed by atoms with Crippen molar-refractivity contribution in [3.63, 3.8) is 0 Å². The first-order valence-corrected chi connectivity index (χ1v) is 1.29. The summed E-state index contributed by atoms with van der Waals surface area (Å²) < 4.78 is 9.63. The maximum absolute atomic E-state index is 9.63. The van der Waals surface area contributed by atoms with E-state index in [1.807, 2.05) is 0 Å². The average Bonchev–Trinajstić information content (AvgIpc) is 1.00. The van der Waals surface area contributed by atoms with E-state index in [2.05, 4.69) is 0 Å². The predicted octanol–water partition coefficient (Wildman–Crippen LogP) is -0.233. The summed E-state index contributed by atoms with van der Waals surface area (Å²) in [5, 5.41) is 0. The van der Waals surface area contributed by atoms with Gasteiger partial charge in [0.05, 0.1) is 0 Å². The van der Waals surface area contributed by atoms with E-state index in [0.29, 0.717) is 0 Å². The van der Waals surface area contributed by atoms with Crippen LogP contribution < -0.4 is 0 Å². The summed E-state index contributed by atoms with van der Waals surface area (Å²) in [5.74, 6) is 0. The molecule has 0 N–H and O–H groups in total. The molecule has 0 aliphatic rings. The molecule has 0 spiro atoms. The zero-order chi connectivity index (χ0) is 2.00. The normalized spacial score (nSPS) is 1.00. The topological polar surface area (TPSA) is 0 Å². The van der Waals surface area contributed by atoms with E-state index in [4.69, 9.17) is 0 Å². The van der Waals surface area contributed by atoms with Crippen LogP contribution in [0.3, 0.4) is 0 Å². The molecule has 0 bridgehead atoms. The van der Waals surface area contributed by atoms with Crippen molar-refractivity contribution in [2.75, 3.05) is 0 Å². The van der Waals surface area contributed by atoms with Crippen molar-refractivity contribution in [1.82, 2.24) is 0 Å². The van der Waals surface area contributed by atoms with E-state index >= 15 is 0 Å². The van der Waals surface area contributed by atoms with Gasteiger partial charge in [0.15, 0.2) is 0 Å².